The van der Waals surface area contributed by atoms with Crippen molar-refractivity contribution in [1.82, 2.24) is 14.8 Å². The van der Waals surface area contributed by atoms with Gasteiger partial charge in [-0.1, -0.05) is 74.5 Å². The number of hydrogen-bond donors (Lipinski definition) is 1. The molecule has 8 heteroatoms. The minimum absolute atomic E-state index is 0.101. The van der Waals surface area contributed by atoms with E-state index in [0.29, 0.717) is 34.9 Å². The fourth-order valence-electron chi connectivity index (χ4n) is 4.64. The van der Waals surface area contributed by atoms with Gasteiger partial charge in [0.1, 0.15) is 18.4 Å². The number of Topliss-reactive ketones (excluding diaryl/α,β-unsaturated/α-hetero) is 1. The fourth-order valence-corrected chi connectivity index (χ4v) is 5.38. The van der Waals surface area contributed by atoms with Gasteiger partial charge in [-0.25, -0.2) is 4.68 Å². The van der Waals surface area contributed by atoms with Gasteiger partial charge in [-0.3, -0.25) is 4.79 Å². The molecule has 2 aromatic carbocycles. The maximum absolute atomic E-state index is 13.4. The van der Waals surface area contributed by atoms with Crippen LogP contribution >= 0.6 is 23.4 Å². The van der Waals surface area contributed by atoms with Crippen molar-refractivity contribution in [3.05, 3.63) is 76.0 Å². The van der Waals surface area contributed by atoms with Crippen molar-refractivity contribution in [2.45, 2.75) is 51.4 Å². The molecule has 1 atom stereocenters. The van der Waals surface area contributed by atoms with E-state index in [4.69, 9.17) is 26.4 Å². The van der Waals surface area contributed by atoms with E-state index < -0.39 is 0 Å². The van der Waals surface area contributed by atoms with Gasteiger partial charge in [0.25, 0.3) is 0 Å². The third-order valence-corrected chi connectivity index (χ3v) is 7.20. The first-order valence-corrected chi connectivity index (χ1v) is 12.8. The highest BCUT2D eigenvalue weighted by Gasteiger charge is 2.42. The van der Waals surface area contributed by atoms with Crippen LogP contribution in [0.4, 0.5) is 5.95 Å². The summed E-state index contributed by atoms with van der Waals surface area (Å²) in [5, 5.41) is 9.55. The summed E-state index contributed by atoms with van der Waals surface area (Å²) in [6.07, 6.45) is 1.30. The number of benzene rings is 2. The third-order valence-electron chi connectivity index (χ3n) is 6.11. The predicted octanol–water partition coefficient (Wildman–Crippen LogP) is 6.28. The lowest BCUT2D eigenvalue weighted by Crippen LogP contribution is -2.36. The molecule has 5 rings (SSSR count). The summed E-state index contributed by atoms with van der Waals surface area (Å²) < 4.78 is 7.93. The van der Waals surface area contributed by atoms with Crippen molar-refractivity contribution in [3.63, 3.8) is 0 Å². The van der Waals surface area contributed by atoms with Crippen LogP contribution in [0.25, 0.3) is 0 Å². The van der Waals surface area contributed by atoms with Crippen molar-refractivity contribution >= 4 is 35.1 Å². The first-order chi connectivity index (χ1) is 16.3. The summed E-state index contributed by atoms with van der Waals surface area (Å²) in [4.78, 5) is 18.1. The molecule has 1 aromatic heterocycles. The molecule has 0 fully saturated rings. The van der Waals surface area contributed by atoms with Gasteiger partial charge in [-0.05, 0) is 41.4 Å². The number of carbonyl (C=O) groups is 1. The number of allylic oxidation sites excluding steroid dienone is 2. The monoisotopic (exact) mass is 494 g/mol. The summed E-state index contributed by atoms with van der Waals surface area (Å²) in [7, 11) is 0. The maximum atomic E-state index is 13.4. The number of rotatable bonds is 6. The molecule has 0 spiro atoms. The zero-order chi connectivity index (χ0) is 23.9. The number of nitrogens with one attached hydrogen (secondary N) is 1. The van der Waals surface area contributed by atoms with E-state index in [2.05, 4.69) is 26.1 Å². The molecule has 1 aliphatic heterocycles. The van der Waals surface area contributed by atoms with Crippen LogP contribution in [0.5, 0.6) is 5.75 Å². The highest BCUT2D eigenvalue weighted by Crippen LogP contribution is 2.46. The summed E-state index contributed by atoms with van der Waals surface area (Å²) in [5.74, 6) is 2.41. The Kier molecular flexibility index (Phi) is 6.16. The largest absolute Gasteiger partial charge is 0.489 e. The predicted molar refractivity (Wildman–Crippen MR) is 135 cm³/mol. The lowest BCUT2D eigenvalue weighted by molar-refractivity contribution is -0.118. The van der Waals surface area contributed by atoms with Crippen LogP contribution in [0.3, 0.4) is 0 Å². The molecule has 2 heterocycles. The number of ether oxygens (including phenoxy) is 1. The van der Waals surface area contributed by atoms with Crippen LogP contribution in [-0.4, -0.2) is 26.3 Å². The van der Waals surface area contributed by atoms with Gasteiger partial charge in [-0.2, -0.15) is 4.98 Å². The van der Waals surface area contributed by atoms with Crippen LogP contribution in [0.15, 0.2) is 65.0 Å². The van der Waals surface area contributed by atoms with Gasteiger partial charge in [-0.15, -0.1) is 5.10 Å². The van der Waals surface area contributed by atoms with Crippen LogP contribution in [-0.2, 0) is 11.4 Å². The van der Waals surface area contributed by atoms with Gasteiger partial charge < -0.3 is 10.1 Å². The van der Waals surface area contributed by atoms with E-state index in [9.17, 15) is 4.79 Å². The Balaban J connectivity index is 1.53. The van der Waals surface area contributed by atoms with Gasteiger partial charge in [0, 0.05) is 28.3 Å². The van der Waals surface area contributed by atoms with Crippen molar-refractivity contribution in [2.75, 3.05) is 11.1 Å². The second kappa shape index (κ2) is 9.12. The first-order valence-electron chi connectivity index (χ1n) is 11.4. The van der Waals surface area contributed by atoms with Crippen molar-refractivity contribution in [3.8, 4) is 5.75 Å². The van der Waals surface area contributed by atoms with E-state index >= 15 is 0 Å². The molecule has 2 aliphatic rings. The number of halogens is 1. The van der Waals surface area contributed by atoms with Gasteiger partial charge >= 0.3 is 0 Å². The van der Waals surface area contributed by atoms with Crippen LogP contribution in [0.1, 0.15) is 50.8 Å². The molecule has 1 unspecified atom stereocenters. The highest BCUT2D eigenvalue weighted by molar-refractivity contribution is 7.99. The van der Waals surface area contributed by atoms with Crippen LogP contribution < -0.4 is 10.1 Å². The highest BCUT2D eigenvalue weighted by atomic mass is 35.5. The standard InChI is InChI=1S/C26H27ClN4O2S/c1-4-34-25-29-24-28-20-13-26(2,3)14-21(32)22(20)23(31(24)30-25)16-9-7-10-18(12-16)33-15-17-8-5-6-11-19(17)27/h5-12,23H,4,13-15H2,1-3H3,(H,28,29,30). The quantitative estimate of drug-likeness (QED) is 0.406. The number of nitrogens with zero attached hydrogens (tertiary/aromatic N) is 3. The molecule has 176 valence electrons. The zero-order valence-corrected chi connectivity index (χ0v) is 21.0. The third kappa shape index (κ3) is 4.46. The van der Waals surface area contributed by atoms with Crippen LogP contribution in [0, 0.1) is 5.41 Å². The Labute approximate surface area is 208 Å². The average Bonchev–Trinajstić information content (AvgIpc) is 3.18. The molecule has 1 N–H and O–H groups in total. The summed E-state index contributed by atoms with van der Waals surface area (Å²) in [6, 6.07) is 15.2. The molecular weight excluding hydrogens is 468 g/mol. The van der Waals surface area contributed by atoms with Gasteiger partial charge in [0.15, 0.2) is 5.78 Å². The topological polar surface area (TPSA) is 69.0 Å². The second-order valence-electron chi connectivity index (χ2n) is 9.41. The minimum atomic E-state index is -0.350. The van der Waals surface area contributed by atoms with Crippen molar-refractivity contribution in [2.24, 2.45) is 5.41 Å². The zero-order valence-electron chi connectivity index (χ0n) is 19.5. The van der Waals surface area contributed by atoms with Gasteiger partial charge in [0.2, 0.25) is 11.1 Å². The lowest BCUT2D eigenvalue weighted by Gasteiger charge is -2.38. The molecule has 0 radical (unpaired) electrons. The Morgan fingerprint density at radius 1 is 1.21 bits per heavy atom. The fraction of sp³-hybridized carbons (Fsp3) is 0.346. The van der Waals surface area contributed by atoms with E-state index in [1.165, 1.54) is 0 Å². The summed E-state index contributed by atoms with van der Waals surface area (Å²) in [6.45, 7) is 6.70. The molecule has 1 aliphatic carbocycles. The lowest BCUT2D eigenvalue weighted by atomic mass is 9.73. The minimum Gasteiger partial charge on any atom is -0.489 e. The van der Waals surface area contributed by atoms with Crippen LogP contribution in [0.2, 0.25) is 5.02 Å². The van der Waals surface area contributed by atoms with E-state index in [0.717, 1.165) is 34.6 Å². The summed E-state index contributed by atoms with van der Waals surface area (Å²) in [5.41, 5.74) is 3.48. The number of hydrogen-bond acceptors (Lipinski definition) is 6. The van der Waals surface area contributed by atoms with E-state index in [1.54, 1.807) is 11.8 Å². The Hall–Kier alpha value is -2.77. The smallest absolute Gasteiger partial charge is 0.227 e. The number of fused-ring (bicyclic) bond motifs is 1. The average molecular weight is 495 g/mol. The number of aromatic nitrogens is 3. The molecule has 0 amide bonds. The number of thioether (sulfide) groups is 1. The second-order valence-corrected chi connectivity index (χ2v) is 11.0. The Bertz CT molecular complexity index is 1280. The van der Waals surface area contributed by atoms with Crippen molar-refractivity contribution in [1.29, 1.82) is 0 Å². The Morgan fingerprint density at radius 2 is 2.03 bits per heavy atom. The van der Waals surface area contributed by atoms with Gasteiger partial charge in [0.05, 0.1) is 0 Å². The Morgan fingerprint density at radius 3 is 2.82 bits per heavy atom. The molecule has 3 aromatic rings. The maximum Gasteiger partial charge on any atom is 0.227 e. The molecular formula is C26H27ClN4O2S. The van der Waals surface area contributed by atoms with Crippen molar-refractivity contribution < 1.29 is 9.53 Å². The first kappa shape index (κ1) is 23.0. The SMILES string of the molecule is CCSc1nc2n(n1)C(c1cccc(OCc3ccccc3Cl)c1)C1=C(CC(C)(C)CC1=O)N2. The number of carbonyl (C=O) groups excluding carboxylic acids is 1. The molecule has 0 saturated carbocycles. The number of ketones is 1. The number of anilines is 1. The summed E-state index contributed by atoms with van der Waals surface area (Å²) >= 11 is 7.88. The molecule has 6 nitrogen and oxygen atoms in total. The molecule has 0 bridgehead atoms. The normalized spacial score (nSPS) is 18.8. The van der Waals surface area contributed by atoms with E-state index in [-0.39, 0.29) is 17.2 Å². The molecule has 0 saturated heterocycles. The molecule has 34 heavy (non-hydrogen) atoms. The van der Waals surface area contributed by atoms with E-state index in [1.807, 2.05) is 53.2 Å².